The minimum Gasteiger partial charge on any atom is -0.462 e. The molecule has 1 N–H and O–H groups in total. The number of aliphatic hydroxyl groups is 1. The smallest absolute Gasteiger partial charge is 0.338 e. The number of hydrogen-bond donors (Lipinski definition) is 1. The molecule has 0 aromatic heterocycles. The van der Waals surface area contributed by atoms with E-state index in [1.165, 1.54) is 0 Å². The third-order valence-corrected chi connectivity index (χ3v) is 2.95. The lowest BCUT2D eigenvalue weighted by molar-refractivity contribution is 0.0526. The normalized spacial score (nSPS) is 21.0. The first-order valence-corrected chi connectivity index (χ1v) is 5.69. The van der Waals surface area contributed by atoms with Gasteiger partial charge >= 0.3 is 5.97 Å². The minimum absolute atomic E-state index is 0.304. The Balaban J connectivity index is 2.37. The van der Waals surface area contributed by atoms with E-state index in [4.69, 9.17) is 10.3 Å². The summed E-state index contributed by atoms with van der Waals surface area (Å²) in [6.07, 6.45) is -0.296. The van der Waals surface area contributed by atoms with Crippen LogP contribution in [0, 0.1) is 0 Å². The number of fused-ring (bicyclic) bond motifs is 1. The number of azide groups is 1. The van der Waals surface area contributed by atoms with Crippen molar-refractivity contribution in [1.82, 2.24) is 0 Å². The van der Waals surface area contributed by atoms with Crippen LogP contribution < -0.4 is 0 Å². The van der Waals surface area contributed by atoms with Crippen molar-refractivity contribution in [3.8, 4) is 0 Å². The molecule has 1 aromatic carbocycles. The first-order chi connectivity index (χ1) is 8.67. The summed E-state index contributed by atoms with van der Waals surface area (Å²) in [4.78, 5) is 14.3. The molecule has 0 aliphatic heterocycles. The highest BCUT2D eigenvalue weighted by molar-refractivity contribution is 5.89. The first-order valence-electron chi connectivity index (χ1n) is 5.69. The van der Waals surface area contributed by atoms with E-state index in [0.717, 1.165) is 5.56 Å². The largest absolute Gasteiger partial charge is 0.462 e. The number of esters is 1. The molecular weight excluding hydrogens is 234 g/mol. The highest BCUT2D eigenvalue weighted by Crippen LogP contribution is 2.35. The fourth-order valence-electron chi connectivity index (χ4n) is 2.14. The number of carbonyl (C=O) groups excluding carboxylic acids is 1. The summed E-state index contributed by atoms with van der Waals surface area (Å²) in [7, 11) is 0. The van der Waals surface area contributed by atoms with E-state index < -0.39 is 18.1 Å². The average molecular weight is 247 g/mol. The summed E-state index contributed by atoms with van der Waals surface area (Å²) >= 11 is 0. The van der Waals surface area contributed by atoms with Gasteiger partial charge in [0.05, 0.1) is 24.3 Å². The molecule has 2 rings (SSSR count). The van der Waals surface area contributed by atoms with Crippen LogP contribution in [0.5, 0.6) is 0 Å². The third-order valence-electron chi connectivity index (χ3n) is 2.95. The summed E-state index contributed by atoms with van der Waals surface area (Å²) < 4.78 is 4.90. The Kier molecular flexibility index (Phi) is 3.50. The van der Waals surface area contributed by atoms with E-state index >= 15 is 0 Å². The van der Waals surface area contributed by atoms with E-state index in [2.05, 4.69) is 10.0 Å². The second-order valence-electron chi connectivity index (χ2n) is 4.06. The summed E-state index contributed by atoms with van der Waals surface area (Å²) in [5, 5.41) is 13.4. The molecule has 1 aliphatic rings. The number of benzene rings is 1. The fraction of sp³-hybridized carbons (Fsp3) is 0.417. The molecule has 0 heterocycles. The predicted molar refractivity (Wildman–Crippen MR) is 64.0 cm³/mol. The lowest BCUT2D eigenvalue weighted by atomic mass is 10.0. The maximum atomic E-state index is 11.6. The van der Waals surface area contributed by atoms with Crippen molar-refractivity contribution in [3.05, 3.63) is 45.3 Å². The molecule has 0 fully saturated rings. The van der Waals surface area contributed by atoms with Crippen LogP contribution in [0.4, 0.5) is 0 Å². The Hall–Kier alpha value is -2.04. The quantitative estimate of drug-likeness (QED) is 0.383. The van der Waals surface area contributed by atoms with Gasteiger partial charge in [-0.15, -0.1) is 0 Å². The van der Waals surface area contributed by atoms with Gasteiger partial charge in [0.15, 0.2) is 0 Å². The van der Waals surface area contributed by atoms with Crippen molar-refractivity contribution < 1.29 is 14.6 Å². The van der Waals surface area contributed by atoms with Crippen LogP contribution in [0.25, 0.3) is 10.4 Å². The second kappa shape index (κ2) is 5.08. The van der Waals surface area contributed by atoms with E-state index in [0.29, 0.717) is 24.2 Å². The molecule has 2 atom stereocenters. The Morgan fingerprint density at radius 2 is 2.44 bits per heavy atom. The maximum Gasteiger partial charge on any atom is 0.338 e. The van der Waals surface area contributed by atoms with Crippen LogP contribution >= 0.6 is 0 Å². The number of nitrogens with zero attached hydrogens (tertiary/aromatic N) is 3. The molecule has 0 saturated heterocycles. The Morgan fingerprint density at radius 3 is 3.11 bits per heavy atom. The van der Waals surface area contributed by atoms with E-state index in [1.54, 1.807) is 25.1 Å². The predicted octanol–water partition coefficient (Wildman–Crippen LogP) is 2.13. The third kappa shape index (κ3) is 2.16. The van der Waals surface area contributed by atoms with Gasteiger partial charge < -0.3 is 9.84 Å². The standard InChI is InChI=1S/C12H13N3O3/c1-2-18-12(17)8-4-3-7-6-10(16)11(14-15-13)9(7)5-8/h3-5,10-11,16H,2,6H2,1H3/t10-,11-/m1/s1. The molecule has 0 amide bonds. The Morgan fingerprint density at radius 1 is 1.67 bits per heavy atom. The summed E-state index contributed by atoms with van der Waals surface area (Å²) in [6, 6.07) is 4.42. The van der Waals surface area contributed by atoms with Gasteiger partial charge in [-0.25, -0.2) is 4.79 Å². The van der Waals surface area contributed by atoms with E-state index in [-0.39, 0.29) is 0 Å². The monoisotopic (exact) mass is 247 g/mol. The van der Waals surface area contributed by atoms with Crippen LogP contribution in [0.3, 0.4) is 0 Å². The molecule has 18 heavy (non-hydrogen) atoms. The highest BCUT2D eigenvalue weighted by Gasteiger charge is 2.30. The highest BCUT2D eigenvalue weighted by atomic mass is 16.5. The number of aliphatic hydroxyl groups excluding tert-OH is 1. The van der Waals surface area contributed by atoms with Crippen molar-refractivity contribution in [2.75, 3.05) is 6.61 Å². The zero-order valence-corrected chi connectivity index (χ0v) is 9.91. The topological polar surface area (TPSA) is 95.3 Å². The Bertz CT molecular complexity index is 523. The lowest BCUT2D eigenvalue weighted by Gasteiger charge is -2.09. The second-order valence-corrected chi connectivity index (χ2v) is 4.06. The zero-order valence-electron chi connectivity index (χ0n) is 9.91. The molecule has 1 aromatic rings. The van der Waals surface area contributed by atoms with Gasteiger partial charge in [0.1, 0.15) is 0 Å². The van der Waals surface area contributed by atoms with E-state index in [9.17, 15) is 9.90 Å². The summed E-state index contributed by atoms with van der Waals surface area (Å²) in [6.45, 7) is 2.04. The van der Waals surface area contributed by atoms with Crippen LogP contribution in [0.15, 0.2) is 23.3 Å². The first kappa shape index (κ1) is 12.4. The maximum absolute atomic E-state index is 11.6. The van der Waals surface area contributed by atoms with Crippen molar-refractivity contribution in [2.45, 2.75) is 25.5 Å². The number of ether oxygens (including phenoxy) is 1. The molecular formula is C12H13N3O3. The Labute approximate surface area is 104 Å². The van der Waals surface area contributed by atoms with Gasteiger partial charge in [0.25, 0.3) is 0 Å². The summed E-state index contributed by atoms with van der Waals surface area (Å²) in [5.41, 5.74) is 10.5. The van der Waals surface area contributed by atoms with Crippen molar-refractivity contribution >= 4 is 5.97 Å². The zero-order chi connectivity index (χ0) is 13.1. The molecule has 0 saturated carbocycles. The van der Waals surface area contributed by atoms with E-state index in [1.807, 2.05) is 0 Å². The van der Waals surface area contributed by atoms with Gasteiger partial charge in [-0.3, -0.25) is 0 Å². The van der Waals surface area contributed by atoms with Crippen LogP contribution in [0.2, 0.25) is 0 Å². The molecule has 6 heteroatoms. The van der Waals surface area contributed by atoms with Crippen molar-refractivity contribution in [3.63, 3.8) is 0 Å². The van der Waals surface area contributed by atoms with Crippen LogP contribution in [-0.4, -0.2) is 23.8 Å². The molecule has 0 radical (unpaired) electrons. The molecule has 0 unspecified atom stereocenters. The number of hydrogen-bond acceptors (Lipinski definition) is 4. The van der Waals surface area contributed by atoms with Crippen molar-refractivity contribution in [1.29, 1.82) is 0 Å². The van der Waals surface area contributed by atoms with Crippen molar-refractivity contribution in [2.24, 2.45) is 5.11 Å². The molecule has 94 valence electrons. The number of carbonyl (C=O) groups is 1. The molecule has 0 spiro atoms. The lowest BCUT2D eigenvalue weighted by Crippen LogP contribution is -2.10. The molecule has 6 nitrogen and oxygen atoms in total. The molecule has 0 bridgehead atoms. The van der Waals surface area contributed by atoms with Gasteiger partial charge in [-0.2, -0.15) is 0 Å². The molecule has 1 aliphatic carbocycles. The summed E-state index contributed by atoms with van der Waals surface area (Å²) in [5.74, 6) is -0.415. The van der Waals surface area contributed by atoms with Gasteiger partial charge in [0, 0.05) is 4.91 Å². The number of rotatable bonds is 3. The van der Waals surface area contributed by atoms with Gasteiger partial charge in [0.2, 0.25) is 0 Å². The van der Waals surface area contributed by atoms with Crippen LogP contribution in [-0.2, 0) is 11.2 Å². The minimum atomic E-state index is -0.728. The van der Waals surface area contributed by atoms with Crippen LogP contribution in [0.1, 0.15) is 34.5 Å². The fourth-order valence-corrected chi connectivity index (χ4v) is 2.14. The average Bonchev–Trinajstić information content (AvgIpc) is 2.66. The van der Waals surface area contributed by atoms with Gasteiger partial charge in [-0.05, 0) is 42.1 Å². The van der Waals surface area contributed by atoms with Gasteiger partial charge in [-0.1, -0.05) is 11.2 Å². The SMILES string of the molecule is CCOC(=O)c1ccc2c(c1)[C@@H](N=[N+]=[N-])[C@H](O)C2.